The zero-order valence-electron chi connectivity index (χ0n) is 10.3. The topological polar surface area (TPSA) is 64.9 Å². The van der Waals surface area contributed by atoms with Gasteiger partial charge in [0.25, 0.3) is 0 Å². The molecule has 0 saturated heterocycles. The Labute approximate surface area is 114 Å². The van der Waals surface area contributed by atoms with Crippen LogP contribution in [0, 0.1) is 11.7 Å². The summed E-state index contributed by atoms with van der Waals surface area (Å²) in [5.41, 5.74) is 5.99. The van der Waals surface area contributed by atoms with Gasteiger partial charge in [0.05, 0.1) is 11.8 Å². The van der Waals surface area contributed by atoms with E-state index in [2.05, 4.69) is 10.1 Å². The average Bonchev–Trinajstić information content (AvgIpc) is 3.16. The highest BCUT2D eigenvalue weighted by molar-refractivity contribution is 7.98. The average molecular weight is 279 g/mol. The van der Waals surface area contributed by atoms with Crippen LogP contribution in [0.15, 0.2) is 33.7 Å². The standard InChI is InChI=1S/C13H14FN3OS/c14-9-3-5-10(6-4-9)19-7-11-16-13(18-17-11)12(15)8-1-2-8/h3-6,8,12H,1-2,7,15H2. The van der Waals surface area contributed by atoms with Gasteiger partial charge in [-0.05, 0) is 43.0 Å². The quantitative estimate of drug-likeness (QED) is 0.852. The van der Waals surface area contributed by atoms with Gasteiger partial charge in [-0.3, -0.25) is 0 Å². The summed E-state index contributed by atoms with van der Waals surface area (Å²) in [6.45, 7) is 0. The molecule has 6 heteroatoms. The Kier molecular flexibility index (Phi) is 3.52. The van der Waals surface area contributed by atoms with Crippen molar-refractivity contribution in [3.05, 3.63) is 41.8 Å². The van der Waals surface area contributed by atoms with Crippen LogP contribution in [0.1, 0.15) is 30.6 Å². The number of rotatable bonds is 5. The lowest BCUT2D eigenvalue weighted by atomic mass is 10.2. The van der Waals surface area contributed by atoms with Gasteiger partial charge in [0.15, 0.2) is 5.82 Å². The Balaban J connectivity index is 1.59. The molecule has 1 atom stereocenters. The van der Waals surface area contributed by atoms with E-state index in [1.807, 2.05) is 0 Å². The van der Waals surface area contributed by atoms with Crippen LogP contribution < -0.4 is 5.73 Å². The molecule has 0 radical (unpaired) electrons. The van der Waals surface area contributed by atoms with Crippen molar-refractivity contribution in [2.24, 2.45) is 11.7 Å². The van der Waals surface area contributed by atoms with Crippen LogP contribution in [-0.4, -0.2) is 10.1 Å². The summed E-state index contributed by atoms with van der Waals surface area (Å²) in [6.07, 6.45) is 2.28. The first-order chi connectivity index (χ1) is 9.22. The first kappa shape index (κ1) is 12.6. The summed E-state index contributed by atoms with van der Waals surface area (Å²) in [6, 6.07) is 6.21. The maximum absolute atomic E-state index is 12.8. The lowest BCUT2D eigenvalue weighted by Crippen LogP contribution is -2.12. The lowest BCUT2D eigenvalue weighted by Gasteiger charge is -2.01. The second kappa shape index (κ2) is 5.30. The molecule has 1 aromatic carbocycles. The molecule has 2 aromatic rings. The Bertz CT molecular complexity index is 553. The Morgan fingerprint density at radius 1 is 1.37 bits per heavy atom. The van der Waals surface area contributed by atoms with E-state index in [1.54, 1.807) is 12.1 Å². The maximum atomic E-state index is 12.8. The van der Waals surface area contributed by atoms with Gasteiger partial charge < -0.3 is 10.3 Å². The summed E-state index contributed by atoms with van der Waals surface area (Å²) in [4.78, 5) is 5.28. The molecule has 0 aliphatic heterocycles. The third kappa shape index (κ3) is 3.13. The van der Waals surface area contributed by atoms with Gasteiger partial charge in [0, 0.05) is 4.90 Å². The van der Waals surface area contributed by atoms with Gasteiger partial charge in [0.1, 0.15) is 5.82 Å². The fourth-order valence-electron chi connectivity index (χ4n) is 1.80. The number of thioether (sulfide) groups is 1. The van der Waals surface area contributed by atoms with Gasteiger partial charge in [-0.15, -0.1) is 11.8 Å². The van der Waals surface area contributed by atoms with E-state index in [0.717, 1.165) is 17.7 Å². The summed E-state index contributed by atoms with van der Waals surface area (Å²) in [5, 5.41) is 3.92. The van der Waals surface area contributed by atoms with Crippen LogP contribution in [-0.2, 0) is 5.75 Å². The molecule has 1 aliphatic carbocycles. The molecule has 0 amide bonds. The zero-order valence-corrected chi connectivity index (χ0v) is 11.1. The van der Waals surface area contributed by atoms with E-state index in [-0.39, 0.29) is 11.9 Å². The molecule has 2 N–H and O–H groups in total. The third-order valence-corrected chi connectivity index (χ3v) is 4.09. The minimum Gasteiger partial charge on any atom is -0.338 e. The Hall–Kier alpha value is -1.40. The number of hydrogen-bond acceptors (Lipinski definition) is 5. The first-order valence-corrected chi connectivity index (χ1v) is 7.17. The van der Waals surface area contributed by atoms with Gasteiger partial charge in [-0.25, -0.2) is 4.39 Å². The van der Waals surface area contributed by atoms with Crippen molar-refractivity contribution in [2.75, 3.05) is 0 Å². The largest absolute Gasteiger partial charge is 0.338 e. The molecular weight excluding hydrogens is 265 g/mol. The zero-order chi connectivity index (χ0) is 13.2. The predicted octanol–water partition coefficient (Wildman–Crippen LogP) is 2.91. The number of halogens is 1. The normalized spacial score (nSPS) is 16.5. The van der Waals surface area contributed by atoms with E-state index in [1.165, 1.54) is 23.9 Å². The van der Waals surface area contributed by atoms with Gasteiger partial charge in [-0.2, -0.15) is 4.98 Å². The molecule has 3 rings (SSSR count). The lowest BCUT2D eigenvalue weighted by molar-refractivity contribution is 0.341. The highest BCUT2D eigenvalue weighted by atomic mass is 32.2. The van der Waals surface area contributed by atoms with E-state index in [9.17, 15) is 4.39 Å². The van der Waals surface area contributed by atoms with E-state index in [4.69, 9.17) is 10.3 Å². The highest BCUT2D eigenvalue weighted by Crippen LogP contribution is 2.38. The minimum absolute atomic E-state index is 0.128. The van der Waals surface area contributed by atoms with Gasteiger partial charge in [0.2, 0.25) is 5.89 Å². The summed E-state index contributed by atoms with van der Waals surface area (Å²) < 4.78 is 17.9. The van der Waals surface area contributed by atoms with Crippen LogP contribution in [0.2, 0.25) is 0 Å². The SMILES string of the molecule is NC(c1nc(CSc2ccc(F)cc2)no1)C1CC1. The van der Waals surface area contributed by atoms with E-state index < -0.39 is 0 Å². The van der Waals surface area contributed by atoms with Crippen LogP contribution in [0.5, 0.6) is 0 Å². The molecule has 100 valence electrons. The third-order valence-electron chi connectivity index (χ3n) is 3.08. The van der Waals surface area contributed by atoms with E-state index in [0.29, 0.717) is 23.4 Å². The smallest absolute Gasteiger partial charge is 0.243 e. The van der Waals surface area contributed by atoms with Crippen LogP contribution in [0.3, 0.4) is 0 Å². The summed E-state index contributed by atoms with van der Waals surface area (Å²) >= 11 is 1.54. The molecule has 1 aromatic heterocycles. The van der Waals surface area contributed by atoms with Gasteiger partial charge in [-0.1, -0.05) is 5.16 Å². The monoisotopic (exact) mass is 279 g/mol. The highest BCUT2D eigenvalue weighted by Gasteiger charge is 2.33. The van der Waals surface area contributed by atoms with Crippen molar-refractivity contribution in [1.82, 2.24) is 10.1 Å². The van der Waals surface area contributed by atoms with Crippen molar-refractivity contribution in [2.45, 2.75) is 29.5 Å². The molecule has 1 unspecified atom stereocenters. The predicted molar refractivity (Wildman–Crippen MR) is 69.9 cm³/mol. The number of nitrogens with two attached hydrogens (primary N) is 1. The van der Waals surface area contributed by atoms with Crippen LogP contribution in [0.25, 0.3) is 0 Å². The molecule has 19 heavy (non-hydrogen) atoms. The molecule has 1 fully saturated rings. The number of hydrogen-bond donors (Lipinski definition) is 1. The number of nitrogens with zero attached hydrogens (tertiary/aromatic N) is 2. The molecular formula is C13H14FN3OS. The molecule has 0 bridgehead atoms. The summed E-state index contributed by atoms with van der Waals surface area (Å²) in [5.74, 6) is 2.00. The maximum Gasteiger partial charge on any atom is 0.243 e. The molecule has 4 nitrogen and oxygen atoms in total. The Morgan fingerprint density at radius 2 is 2.11 bits per heavy atom. The van der Waals surface area contributed by atoms with Crippen molar-refractivity contribution < 1.29 is 8.91 Å². The van der Waals surface area contributed by atoms with Crippen LogP contribution in [0.4, 0.5) is 4.39 Å². The summed E-state index contributed by atoms with van der Waals surface area (Å²) in [7, 11) is 0. The molecule has 1 heterocycles. The fourth-order valence-corrected chi connectivity index (χ4v) is 2.54. The molecule has 0 spiro atoms. The number of benzene rings is 1. The van der Waals surface area contributed by atoms with Gasteiger partial charge >= 0.3 is 0 Å². The van der Waals surface area contributed by atoms with Crippen LogP contribution >= 0.6 is 11.8 Å². The first-order valence-electron chi connectivity index (χ1n) is 6.19. The molecule has 1 saturated carbocycles. The van der Waals surface area contributed by atoms with Crippen molar-refractivity contribution >= 4 is 11.8 Å². The minimum atomic E-state index is -0.235. The fraction of sp³-hybridized carbons (Fsp3) is 0.385. The van der Waals surface area contributed by atoms with Crippen molar-refractivity contribution in [3.63, 3.8) is 0 Å². The second-order valence-corrected chi connectivity index (χ2v) is 5.70. The molecule has 1 aliphatic rings. The number of aromatic nitrogens is 2. The second-order valence-electron chi connectivity index (χ2n) is 4.65. The van der Waals surface area contributed by atoms with Crippen molar-refractivity contribution in [1.29, 1.82) is 0 Å². The van der Waals surface area contributed by atoms with E-state index >= 15 is 0 Å². The van der Waals surface area contributed by atoms with Crippen molar-refractivity contribution in [3.8, 4) is 0 Å². The Morgan fingerprint density at radius 3 is 2.79 bits per heavy atom.